The van der Waals surface area contributed by atoms with Gasteiger partial charge in [-0.2, -0.15) is 0 Å². The van der Waals surface area contributed by atoms with E-state index in [4.69, 9.17) is 14.8 Å². The second-order valence-corrected chi connectivity index (χ2v) is 11.4. The topological polar surface area (TPSA) is 143 Å². The van der Waals surface area contributed by atoms with Gasteiger partial charge in [0.25, 0.3) is 5.91 Å². The van der Waals surface area contributed by atoms with Gasteiger partial charge >= 0.3 is 0 Å². The van der Waals surface area contributed by atoms with Crippen LogP contribution in [0.4, 0.5) is 17.1 Å². The molecular formula is C37H41N5O5. The van der Waals surface area contributed by atoms with Gasteiger partial charge in [0.1, 0.15) is 18.2 Å². The quantitative estimate of drug-likeness (QED) is 0.0897. The van der Waals surface area contributed by atoms with Gasteiger partial charge in [-0.3, -0.25) is 4.79 Å². The number of H-pyrrole nitrogens is 1. The van der Waals surface area contributed by atoms with Gasteiger partial charge in [-0.05, 0) is 117 Å². The molecule has 0 bridgehead atoms. The first-order chi connectivity index (χ1) is 22.8. The summed E-state index contributed by atoms with van der Waals surface area (Å²) in [5, 5.41) is 34.2. The first kappa shape index (κ1) is 33.2. The van der Waals surface area contributed by atoms with E-state index < -0.39 is 0 Å². The van der Waals surface area contributed by atoms with E-state index in [2.05, 4.69) is 15.6 Å². The molecule has 244 valence electrons. The number of hydrogen-bond donors (Lipinski definition) is 6. The number of nitrogens with zero attached hydrogens (tertiary/aromatic N) is 2. The summed E-state index contributed by atoms with van der Waals surface area (Å²) in [5.74, 6) is 1.15. The van der Waals surface area contributed by atoms with Crippen molar-refractivity contribution in [2.75, 3.05) is 55.1 Å². The maximum atomic E-state index is 13.3. The number of imidazole rings is 1. The molecule has 4 aromatic carbocycles. The molecule has 47 heavy (non-hydrogen) atoms. The Labute approximate surface area is 274 Å². The summed E-state index contributed by atoms with van der Waals surface area (Å²) >= 11 is 0. The molecule has 0 aliphatic rings. The van der Waals surface area contributed by atoms with Crippen LogP contribution >= 0.6 is 0 Å². The smallest absolute Gasteiger partial charge is 0.255 e. The third-order valence-corrected chi connectivity index (χ3v) is 7.74. The van der Waals surface area contributed by atoms with Crippen molar-refractivity contribution < 1.29 is 24.9 Å². The van der Waals surface area contributed by atoms with E-state index in [9.17, 15) is 15.0 Å². The minimum absolute atomic E-state index is 0.000798. The van der Waals surface area contributed by atoms with E-state index >= 15 is 0 Å². The number of carbonyl (C=O) groups excluding carboxylic acids is 1. The Bertz CT molecular complexity index is 1840. The van der Waals surface area contributed by atoms with Gasteiger partial charge in [0.05, 0.1) is 30.9 Å². The van der Waals surface area contributed by atoms with Gasteiger partial charge in [-0.15, -0.1) is 0 Å². The summed E-state index contributed by atoms with van der Waals surface area (Å²) in [6, 6.07) is 26.6. The maximum absolute atomic E-state index is 13.3. The molecule has 0 saturated carbocycles. The van der Waals surface area contributed by atoms with Gasteiger partial charge in [0.2, 0.25) is 0 Å². The number of aliphatic hydroxyl groups excluding tert-OH is 3. The molecule has 0 unspecified atom stereocenters. The fourth-order valence-corrected chi connectivity index (χ4v) is 5.32. The van der Waals surface area contributed by atoms with Crippen LogP contribution in [-0.4, -0.2) is 70.7 Å². The first-order valence-electron chi connectivity index (χ1n) is 15.6. The Morgan fingerprint density at radius 3 is 2.17 bits per heavy atom. The van der Waals surface area contributed by atoms with Crippen LogP contribution < -0.4 is 20.3 Å². The summed E-state index contributed by atoms with van der Waals surface area (Å²) in [6.07, 6.45) is 0. The highest BCUT2D eigenvalue weighted by Crippen LogP contribution is 2.28. The number of carbonyl (C=O) groups is 1. The molecule has 0 radical (unpaired) electrons. The van der Waals surface area contributed by atoms with E-state index in [0.717, 1.165) is 50.4 Å². The predicted octanol–water partition coefficient (Wildman–Crippen LogP) is 5.82. The molecule has 6 N–H and O–H groups in total. The van der Waals surface area contributed by atoms with Crippen molar-refractivity contribution in [1.82, 2.24) is 9.97 Å². The minimum atomic E-state index is -0.228. The van der Waals surface area contributed by atoms with Crippen LogP contribution in [0.5, 0.6) is 5.75 Å². The molecule has 0 atom stereocenters. The van der Waals surface area contributed by atoms with Crippen LogP contribution in [0.1, 0.15) is 35.3 Å². The van der Waals surface area contributed by atoms with E-state index in [1.807, 2.05) is 98.5 Å². The van der Waals surface area contributed by atoms with Gasteiger partial charge in [0.15, 0.2) is 0 Å². The van der Waals surface area contributed by atoms with Crippen LogP contribution in [0, 0.1) is 6.92 Å². The number of aryl methyl sites for hydroxylation is 1. The van der Waals surface area contributed by atoms with Crippen molar-refractivity contribution >= 4 is 39.7 Å². The monoisotopic (exact) mass is 635 g/mol. The number of ether oxygens (including phenoxy) is 1. The zero-order valence-corrected chi connectivity index (χ0v) is 26.9. The van der Waals surface area contributed by atoms with Crippen molar-refractivity contribution in [3.63, 3.8) is 0 Å². The van der Waals surface area contributed by atoms with E-state index in [1.165, 1.54) is 0 Å². The van der Waals surface area contributed by atoms with E-state index in [0.29, 0.717) is 35.9 Å². The lowest BCUT2D eigenvalue weighted by Crippen LogP contribution is -2.29. The zero-order chi connectivity index (χ0) is 33.3. The van der Waals surface area contributed by atoms with Crippen LogP contribution in [0.15, 0.2) is 90.5 Å². The van der Waals surface area contributed by atoms with Crippen LogP contribution in [0.2, 0.25) is 0 Å². The Balaban J connectivity index is 1.26. The number of hydrogen-bond acceptors (Lipinski definition) is 8. The average Bonchev–Trinajstić information content (AvgIpc) is 3.51. The third kappa shape index (κ3) is 8.17. The van der Waals surface area contributed by atoms with Crippen molar-refractivity contribution in [3.05, 3.63) is 107 Å². The van der Waals surface area contributed by atoms with Gasteiger partial charge in [-0.25, -0.2) is 4.98 Å². The predicted molar refractivity (Wildman–Crippen MR) is 188 cm³/mol. The highest BCUT2D eigenvalue weighted by Gasteiger charge is 2.13. The summed E-state index contributed by atoms with van der Waals surface area (Å²) < 4.78 is 5.49. The minimum Gasteiger partial charge on any atom is -0.491 e. The molecule has 0 aliphatic heterocycles. The Morgan fingerprint density at radius 2 is 1.53 bits per heavy atom. The summed E-state index contributed by atoms with van der Waals surface area (Å²) in [5.41, 5.74) is 9.47. The number of fused-ring (bicyclic) bond motifs is 1. The number of nitrogens with one attached hydrogen (secondary N) is 3. The molecule has 5 aromatic rings. The van der Waals surface area contributed by atoms with Crippen molar-refractivity contribution in [2.45, 2.75) is 20.8 Å². The number of benzene rings is 4. The maximum Gasteiger partial charge on any atom is 0.255 e. The lowest BCUT2D eigenvalue weighted by molar-refractivity contribution is 0.102. The van der Waals surface area contributed by atoms with Crippen LogP contribution in [0.25, 0.3) is 28.1 Å². The number of rotatable bonds is 14. The number of anilines is 3. The van der Waals surface area contributed by atoms with E-state index in [1.54, 1.807) is 12.1 Å². The van der Waals surface area contributed by atoms with Crippen LogP contribution in [-0.2, 0) is 0 Å². The molecular weight excluding hydrogens is 594 g/mol. The van der Waals surface area contributed by atoms with Crippen molar-refractivity contribution in [2.24, 2.45) is 0 Å². The Kier molecular flexibility index (Phi) is 10.9. The molecule has 0 spiro atoms. The molecule has 0 fully saturated rings. The highest BCUT2D eigenvalue weighted by molar-refractivity contribution is 6.06. The van der Waals surface area contributed by atoms with Gasteiger partial charge < -0.3 is 40.6 Å². The van der Waals surface area contributed by atoms with Crippen LogP contribution in [0.3, 0.4) is 0 Å². The third-order valence-electron chi connectivity index (χ3n) is 7.74. The molecule has 0 saturated heterocycles. The second kappa shape index (κ2) is 15.4. The number of aromatic nitrogens is 2. The van der Waals surface area contributed by atoms with Gasteiger partial charge in [0, 0.05) is 47.0 Å². The summed E-state index contributed by atoms with van der Waals surface area (Å²) in [7, 11) is 0. The number of allylic oxidation sites excluding steroid dienone is 1. The van der Waals surface area contributed by atoms with Crippen molar-refractivity contribution in [3.8, 4) is 17.1 Å². The molecule has 10 nitrogen and oxygen atoms in total. The second-order valence-electron chi connectivity index (χ2n) is 11.4. The molecule has 1 heterocycles. The number of aliphatic hydroxyl groups is 3. The van der Waals surface area contributed by atoms with Crippen molar-refractivity contribution in [1.29, 1.82) is 0 Å². The van der Waals surface area contributed by atoms with E-state index in [-0.39, 0.29) is 32.3 Å². The molecule has 10 heteroatoms. The van der Waals surface area contributed by atoms with Gasteiger partial charge in [-0.1, -0.05) is 5.57 Å². The largest absolute Gasteiger partial charge is 0.491 e. The number of amides is 1. The molecule has 5 rings (SSSR count). The molecule has 1 aromatic heterocycles. The molecule has 1 amide bonds. The molecule has 0 aliphatic carbocycles. The lowest BCUT2D eigenvalue weighted by Gasteiger charge is -2.22. The standard InChI is InChI=1S/C37H41N5O5/c1-24(2)35(26-6-12-31(13-7-26)47-21-20-45)39-32-15-9-29(22-25(32)3)38-37(46)28-8-14-33-34(23-28)41-36(40-33)27-4-10-30(11-5-27)42(16-18-43)17-19-44/h4-15,22-23,39,43-45H,16-21H2,1-3H3,(H,38,46)(H,40,41). The SMILES string of the molecule is CC(C)=C(Nc1ccc(NC(=O)c2ccc3nc(-c4ccc(N(CCO)CCO)cc4)[nH]c3c2)cc1C)c1ccc(OCCO)cc1. The normalized spacial score (nSPS) is 10.9. The highest BCUT2D eigenvalue weighted by atomic mass is 16.5. The zero-order valence-electron chi connectivity index (χ0n) is 26.9. The number of aromatic amines is 1. The fourth-order valence-electron chi connectivity index (χ4n) is 5.32. The Hall–Kier alpha value is -5.16. The lowest BCUT2D eigenvalue weighted by atomic mass is 10.1. The fraction of sp³-hybridized carbons (Fsp3) is 0.243. The summed E-state index contributed by atoms with van der Waals surface area (Å²) in [4.78, 5) is 23.2. The first-order valence-corrected chi connectivity index (χ1v) is 15.6. The summed E-state index contributed by atoms with van der Waals surface area (Å²) in [6.45, 7) is 7.18. The Morgan fingerprint density at radius 1 is 0.830 bits per heavy atom. The average molecular weight is 636 g/mol.